The Labute approximate surface area is 192 Å². The minimum absolute atomic E-state index is 0.0885. The molecular weight excluding hydrogens is 424 g/mol. The molecule has 0 aromatic heterocycles. The first-order valence-corrected chi connectivity index (χ1v) is 11.3. The molecule has 3 heterocycles. The van der Waals surface area contributed by atoms with Gasteiger partial charge in [0, 0.05) is 6.54 Å². The Hall–Kier alpha value is -2.62. The normalized spacial score (nSPS) is 33.4. The van der Waals surface area contributed by atoms with Crippen LogP contribution in [0.2, 0.25) is 0 Å². The van der Waals surface area contributed by atoms with E-state index >= 15 is 0 Å². The van der Waals surface area contributed by atoms with E-state index < -0.39 is 42.6 Å². The van der Waals surface area contributed by atoms with Crippen LogP contribution in [0.1, 0.15) is 31.0 Å². The molecule has 8 nitrogen and oxygen atoms in total. The Morgan fingerprint density at radius 3 is 2.39 bits per heavy atom. The van der Waals surface area contributed by atoms with Gasteiger partial charge in [0.05, 0.1) is 24.6 Å². The maximum Gasteiger partial charge on any atom is 0.261 e. The van der Waals surface area contributed by atoms with Gasteiger partial charge in [-0.3, -0.25) is 19.3 Å². The Balaban J connectivity index is 1.47. The number of likely N-dealkylation sites (tertiary alicyclic amines) is 1. The van der Waals surface area contributed by atoms with E-state index in [0.29, 0.717) is 6.54 Å². The molecule has 3 aliphatic rings. The molecule has 8 heteroatoms. The van der Waals surface area contributed by atoms with Crippen molar-refractivity contribution in [2.24, 2.45) is 5.92 Å². The summed E-state index contributed by atoms with van der Waals surface area (Å²) in [5.74, 6) is -1.45. The van der Waals surface area contributed by atoms with Crippen LogP contribution in [0, 0.1) is 5.92 Å². The van der Waals surface area contributed by atoms with Crippen molar-refractivity contribution in [3.05, 3.63) is 71.8 Å². The van der Waals surface area contributed by atoms with Gasteiger partial charge < -0.3 is 14.6 Å². The van der Waals surface area contributed by atoms with Crippen molar-refractivity contribution < 1.29 is 29.0 Å². The number of imide groups is 1. The Bertz CT molecular complexity index is 1000. The molecule has 2 aromatic rings. The highest BCUT2D eigenvalue weighted by Gasteiger charge is 2.63. The van der Waals surface area contributed by atoms with Gasteiger partial charge in [-0.1, -0.05) is 60.7 Å². The summed E-state index contributed by atoms with van der Waals surface area (Å²) in [5.41, 5.74) is 1.83. The number of aliphatic hydroxyl groups excluding tert-OH is 1. The number of nitrogens with zero attached hydrogens (tertiary/aromatic N) is 2. The highest BCUT2D eigenvalue weighted by molar-refractivity contribution is 6.07. The van der Waals surface area contributed by atoms with E-state index in [2.05, 4.69) is 0 Å². The van der Waals surface area contributed by atoms with Gasteiger partial charge in [0.15, 0.2) is 12.4 Å². The number of rotatable bonds is 5. The van der Waals surface area contributed by atoms with Crippen molar-refractivity contribution in [2.45, 2.75) is 57.1 Å². The first kappa shape index (κ1) is 22.2. The molecule has 0 spiro atoms. The van der Waals surface area contributed by atoms with Crippen LogP contribution >= 0.6 is 0 Å². The average molecular weight is 453 g/mol. The molecule has 2 amide bonds. The van der Waals surface area contributed by atoms with Crippen molar-refractivity contribution in [1.82, 2.24) is 9.96 Å². The topological polar surface area (TPSA) is 88.5 Å². The molecule has 0 saturated carbocycles. The maximum atomic E-state index is 13.7. The molecule has 1 N–H and O–H groups in total. The predicted molar refractivity (Wildman–Crippen MR) is 117 cm³/mol. The molecule has 2 aromatic carbocycles. The van der Waals surface area contributed by atoms with Gasteiger partial charge >= 0.3 is 0 Å². The molecule has 7 atom stereocenters. The second kappa shape index (κ2) is 8.96. The third-order valence-corrected chi connectivity index (χ3v) is 6.70. The van der Waals surface area contributed by atoms with Crippen LogP contribution in [0.4, 0.5) is 0 Å². The number of hydroxylamine groups is 2. The fourth-order valence-corrected chi connectivity index (χ4v) is 5.05. The van der Waals surface area contributed by atoms with Crippen LogP contribution in [0.5, 0.6) is 0 Å². The minimum atomic E-state index is -0.952. The molecule has 3 fully saturated rings. The number of benzene rings is 2. The van der Waals surface area contributed by atoms with Crippen molar-refractivity contribution in [2.75, 3.05) is 6.61 Å². The lowest BCUT2D eigenvalue weighted by Gasteiger charge is -2.39. The van der Waals surface area contributed by atoms with Crippen LogP contribution in [-0.2, 0) is 30.4 Å². The zero-order chi connectivity index (χ0) is 23.1. The summed E-state index contributed by atoms with van der Waals surface area (Å²) in [6.07, 6.45) is -3.18. The van der Waals surface area contributed by atoms with Crippen LogP contribution in [-0.4, -0.2) is 64.1 Å². The van der Waals surface area contributed by atoms with Crippen molar-refractivity contribution >= 4 is 11.8 Å². The zero-order valence-corrected chi connectivity index (χ0v) is 18.6. The Morgan fingerprint density at radius 2 is 1.70 bits per heavy atom. The fourth-order valence-electron chi connectivity index (χ4n) is 5.05. The lowest BCUT2D eigenvalue weighted by Crippen LogP contribution is -2.56. The molecule has 33 heavy (non-hydrogen) atoms. The third-order valence-electron chi connectivity index (χ3n) is 6.70. The summed E-state index contributed by atoms with van der Waals surface area (Å²) < 4.78 is 11.4. The second-order valence-corrected chi connectivity index (χ2v) is 8.81. The largest absolute Gasteiger partial charge is 0.388 e. The first-order valence-electron chi connectivity index (χ1n) is 11.3. The van der Waals surface area contributed by atoms with Gasteiger partial charge in [0.1, 0.15) is 12.2 Å². The lowest BCUT2D eigenvalue weighted by atomic mass is 9.89. The van der Waals surface area contributed by atoms with Crippen LogP contribution in [0.3, 0.4) is 0 Å². The van der Waals surface area contributed by atoms with Crippen molar-refractivity contribution in [3.63, 3.8) is 0 Å². The van der Waals surface area contributed by atoms with Crippen LogP contribution in [0.25, 0.3) is 0 Å². The van der Waals surface area contributed by atoms with Gasteiger partial charge in [0.2, 0.25) is 5.91 Å². The molecule has 0 bridgehead atoms. The average Bonchev–Trinajstić information content (AvgIpc) is 3.31. The highest BCUT2D eigenvalue weighted by atomic mass is 16.7. The number of hydrogen-bond donors (Lipinski definition) is 1. The lowest BCUT2D eigenvalue weighted by molar-refractivity contribution is -0.276. The summed E-state index contributed by atoms with van der Waals surface area (Å²) >= 11 is 0. The number of fused-ring (bicyclic) bond motifs is 1. The molecule has 0 unspecified atom stereocenters. The van der Waals surface area contributed by atoms with Crippen LogP contribution < -0.4 is 0 Å². The SMILES string of the molecule is C[C@@H]1OC[C@@H](O)[C@H]([C@@H]2[C@H]3C(=O)N([C@@H](C)c4ccccc4)C(=O)[C@H]3ON2Cc2ccccc2)O1. The quantitative estimate of drug-likeness (QED) is 0.695. The summed E-state index contributed by atoms with van der Waals surface area (Å²) in [6, 6.07) is 18.0. The molecule has 5 rings (SSSR count). The second-order valence-electron chi connectivity index (χ2n) is 8.81. The minimum Gasteiger partial charge on any atom is -0.388 e. The van der Waals surface area contributed by atoms with E-state index in [9.17, 15) is 14.7 Å². The highest BCUT2D eigenvalue weighted by Crippen LogP contribution is 2.43. The molecule has 0 aliphatic carbocycles. The molecule has 174 valence electrons. The number of carbonyl (C=O) groups is 2. The molecular formula is C25H28N2O6. The van der Waals surface area contributed by atoms with Gasteiger partial charge in [0.25, 0.3) is 5.91 Å². The maximum absolute atomic E-state index is 13.7. The number of ether oxygens (including phenoxy) is 2. The Morgan fingerprint density at radius 1 is 1.03 bits per heavy atom. The van der Waals surface area contributed by atoms with Gasteiger partial charge in [-0.15, -0.1) is 0 Å². The number of carbonyl (C=O) groups excluding carboxylic acids is 2. The third kappa shape index (κ3) is 3.98. The van der Waals surface area contributed by atoms with Crippen molar-refractivity contribution in [1.29, 1.82) is 0 Å². The van der Waals surface area contributed by atoms with Crippen molar-refractivity contribution in [3.8, 4) is 0 Å². The smallest absolute Gasteiger partial charge is 0.261 e. The monoisotopic (exact) mass is 452 g/mol. The summed E-state index contributed by atoms with van der Waals surface area (Å²) in [6.45, 7) is 4.03. The molecule has 3 saturated heterocycles. The van der Waals surface area contributed by atoms with Gasteiger partial charge in [-0.25, -0.2) is 0 Å². The van der Waals surface area contributed by atoms with Crippen LogP contribution in [0.15, 0.2) is 60.7 Å². The van der Waals surface area contributed by atoms with E-state index in [1.807, 2.05) is 67.6 Å². The van der Waals surface area contributed by atoms with Gasteiger partial charge in [-0.05, 0) is 25.0 Å². The van der Waals surface area contributed by atoms with E-state index in [0.717, 1.165) is 11.1 Å². The van der Waals surface area contributed by atoms with E-state index in [1.165, 1.54) is 4.90 Å². The first-order chi connectivity index (χ1) is 16.0. The van der Waals surface area contributed by atoms with E-state index in [4.69, 9.17) is 14.3 Å². The molecule has 3 aliphatic heterocycles. The fraction of sp³-hybridized carbons (Fsp3) is 0.440. The Kier molecular flexibility index (Phi) is 6.03. The summed E-state index contributed by atoms with van der Waals surface area (Å²) in [5, 5.41) is 12.3. The number of amides is 2. The standard InChI is InChI=1S/C25H28N2O6/c1-15(18-11-7-4-8-12-18)27-24(29)20-21(22-19(28)14-31-16(2)32-22)26(33-23(20)25(27)30)13-17-9-5-3-6-10-17/h3-12,15-16,19-23,28H,13-14H2,1-2H3/t15-,16+,19+,20+,21-,22+,23-/m0/s1. The van der Waals surface area contributed by atoms with E-state index in [1.54, 1.807) is 12.0 Å². The van der Waals surface area contributed by atoms with Gasteiger partial charge in [-0.2, -0.15) is 5.06 Å². The predicted octanol–water partition coefficient (Wildman–Crippen LogP) is 2.04. The zero-order valence-electron chi connectivity index (χ0n) is 18.6. The summed E-state index contributed by atoms with van der Waals surface area (Å²) in [7, 11) is 0. The van der Waals surface area contributed by atoms with E-state index in [-0.39, 0.29) is 18.4 Å². The number of aliphatic hydroxyl groups is 1. The molecule has 0 radical (unpaired) electrons. The number of hydrogen-bond acceptors (Lipinski definition) is 7. The summed E-state index contributed by atoms with van der Waals surface area (Å²) in [4.78, 5) is 34.5.